The molecular weight excluding hydrogens is 402 g/mol. The molecule has 0 bridgehead atoms. The average Bonchev–Trinajstić information content (AvgIpc) is 2.65. The third-order valence-electron chi connectivity index (χ3n) is 5.09. The third-order valence-corrected chi connectivity index (χ3v) is 6.11. The van der Waals surface area contributed by atoms with E-state index in [1.54, 1.807) is 12.1 Å². The van der Waals surface area contributed by atoms with Gasteiger partial charge in [-0.15, -0.1) is 0 Å². The Morgan fingerprint density at radius 3 is 2.61 bits per heavy atom. The largest absolute Gasteiger partial charge is 0.496 e. The van der Waals surface area contributed by atoms with Crippen LogP contribution in [0.4, 0.5) is 5.69 Å². The van der Waals surface area contributed by atoms with Gasteiger partial charge >= 0.3 is 0 Å². The second kappa shape index (κ2) is 10.4. The Morgan fingerprint density at radius 2 is 2.00 bits per heavy atom. The van der Waals surface area contributed by atoms with Crippen LogP contribution in [0.25, 0.3) is 0 Å². The Balaban J connectivity index is 1.70. The maximum absolute atomic E-state index is 12.5. The fourth-order valence-electron chi connectivity index (χ4n) is 3.39. The van der Waals surface area contributed by atoms with Crippen LogP contribution >= 0.6 is 11.6 Å². The van der Waals surface area contributed by atoms with Crippen molar-refractivity contribution in [3.63, 3.8) is 0 Å². The van der Waals surface area contributed by atoms with Crippen molar-refractivity contribution in [3.05, 3.63) is 22.7 Å². The Kier molecular flexibility index (Phi) is 8.55. The lowest BCUT2D eigenvalue weighted by molar-refractivity contribution is 0.0973. The number of Topliss-reactive ketones (excluding diaryl/α,β-unsaturated/α-hetero) is 1. The van der Waals surface area contributed by atoms with E-state index in [-0.39, 0.29) is 5.78 Å². The van der Waals surface area contributed by atoms with E-state index in [2.05, 4.69) is 9.62 Å². The molecule has 1 fully saturated rings. The van der Waals surface area contributed by atoms with Crippen molar-refractivity contribution in [2.24, 2.45) is 5.92 Å². The number of piperidine rings is 1. The summed E-state index contributed by atoms with van der Waals surface area (Å²) in [7, 11) is -1.61. The molecule has 1 aliphatic heterocycles. The van der Waals surface area contributed by atoms with Crippen LogP contribution in [0, 0.1) is 5.92 Å². The van der Waals surface area contributed by atoms with Gasteiger partial charge in [-0.25, -0.2) is 13.1 Å². The van der Waals surface area contributed by atoms with E-state index in [4.69, 9.17) is 22.1 Å². The van der Waals surface area contributed by atoms with Gasteiger partial charge in [0.2, 0.25) is 10.0 Å². The molecule has 0 radical (unpaired) electrons. The predicted octanol–water partition coefficient (Wildman–Crippen LogP) is 2.55. The van der Waals surface area contributed by atoms with Gasteiger partial charge in [-0.2, -0.15) is 0 Å². The molecule has 1 aliphatic rings. The number of halogens is 1. The monoisotopic (exact) mass is 431 g/mol. The lowest BCUT2D eigenvalue weighted by atomic mass is 9.97. The Morgan fingerprint density at radius 1 is 1.32 bits per heavy atom. The molecule has 0 saturated carbocycles. The summed E-state index contributed by atoms with van der Waals surface area (Å²) < 4.78 is 30.2. The van der Waals surface area contributed by atoms with Crippen LogP contribution in [0.1, 0.15) is 42.5 Å². The number of ether oxygens (including phenoxy) is 1. The first-order valence-corrected chi connectivity index (χ1v) is 11.8. The van der Waals surface area contributed by atoms with Crippen LogP contribution in [-0.4, -0.2) is 58.6 Å². The molecule has 9 heteroatoms. The predicted molar refractivity (Wildman–Crippen MR) is 113 cm³/mol. The number of hydrogen-bond acceptors (Lipinski definition) is 6. The zero-order valence-electron chi connectivity index (χ0n) is 16.5. The molecular formula is C19H30ClN3O4S. The first-order valence-electron chi connectivity index (χ1n) is 9.53. The van der Waals surface area contributed by atoms with Crippen molar-refractivity contribution in [2.75, 3.05) is 45.3 Å². The molecule has 0 atom stereocenters. The van der Waals surface area contributed by atoms with E-state index >= 15 is 0 Å². The number of rotatable bonds is 10. The van der Waals surface area contributed by atoms with Crippen molar-refractivity contribution in [2.45, 2.75) is 32.1 Å². The smallest absolute Gasteiger partial charge is 0.208 e. The lowest BCUT2D eigenvalue weighted by Gasteiger charge is -2.31. The van der Waals surface area contributed by atoms with E-state index in [9.17, 15) is 13.2 Å². The van der Waals surface area contributed by atoms with Gasteiger partial charge in [-0.1, -0.05) is 11.6 Å². The number of carbonyl (C=O) groups excluding carboxylic acids is 1. The van der Waals surface area contributed by atoms with Gasteiger partial charge in [0, 0.05) is 19.0 Å². The number of sulfonamides is 1. The molecule has 158 valence electrons. The minimum Gasteiger partial charge on any atom is -0.496 e. The van der Waals surface area contributed by atoms with Crippen LogP contribution in [-0.2, 0) is 10.0 Å². The minimum atomic E-state index is -3.12. The molecule has 1 aromatic carbocycles. The molecule has 1 aromatic rings. The number of anilines is 1. The standard InChI is InChI=1S/C19H30ClN3O4S/c1-27-19-12-17(21)16(20)11-15(19)18(24)5-3-4-8-23-9-6-14(7-10-23)13-22-28(2,25)26/h11-12,14,22H,3-10,13,21H2,1-2H3. The van der Waals surface area contributed by atoms with E-state index in [0.717, 1.165) is 45.3 Å². The van der Waals surface area contributed by atoms with Crippen molar-refractivity contribution in [1.29, 1.82) is 0 Å². The van der Waals surface area contributed by atoms with Crippen LogP contribution in [0.15, 0.2) is 12.1 Å². The summed E-state index contributed by atoms with van der Waals surface area (Å²) in [6.45, 7) is 3.39. The van der Waals surface area contributed by atoms with Crippen LogP contribution in [0.3, 0.4) is 0 Å². The quantitative estimate of drug-likeness (QED) is 0.335. The van der Waals surface area contributed by atoms with Crippen LogP contribution in [0.2, 0.25) is 5.02 Å². The maximum Gasteiger partial charge on any atom is 0.208 e. The second-order valence-electron chi connectivity index (χ2n) is 7.36. The second-order valence-corrected chi connectivity index (χ2v) is 9.60. The van der Waals surface area contributed by atoms with Crippen molar-refractivity contribution in [1.82, 2.24) is 9.62 Å². The molecule has 7 nitrogen and oxygen atoms in total. The number of benzene rings is 1. The van der Waals surface area contributed by atoms with Gasteiger partial charge in [0.1, 0.15) is 5.75 Å². The summed E-state index contributed by atoms with van der Waals surface area (Å²) in [6.07, 6.45) is 5.33. The Hall–Kier alpha value is -1.35. The van der Waals surface area contributed by atoms with Gasteiger partial charge in [0.25, 0.3) is 0 Å². The molecule has 1 saturated heterocycles. The highest BCUT2D eigenvalue weighted by atomic mass is 35.5. The number of hydrogen-bond donors (Lipinski definition) is 2. The number of nitrogens with zero attached hydrogens (tertiary/aromatic N) is 1. The molecule has 28 heavy (non-hydrogen) atoms. The first kappa shape index (κ1) is 22.9. The third kappa shape index (κ3) is 7.24. The van der Waals surface area contributed by atoms with Crippen LogP contribution in [0.5, 0.6) is 5.75 Å². The Bertz CT molecular complexity index is 778. The highest BCUT2D eigenvalue weighted by Crippen LogP contribution is 2.30. The summed E-state index contributed by atoms with van der Waals surface area (Å²) in [5.41, 5.74) is 6.62. The first-order chi connectivity index (χ1) is 13.2. The number of nitrogens with two attached hydrogens (primary N) is 1. The molecule has 3 N–H and O–H groups in total. The molecule has 0 aliphatic carbocycles. The molecule has 0 aromatic heterocycles. The highest BCUT2D eigenvalue weighted by Gasteiger charge is 2.20. The Labute approximate surface area is 172 Å². The number of nitrogen functional groups attached to an aromatic ring is 1. The zero-order chi connectivity index (χ0) is 20.7. The fourth-order valence-corrected chi connectivity index (χ4v) is 4.10. The number of unbranched alkanes of at least 4 members (excludes halogenated alkanes) is 1. The number of nitrogens with one attached hydrogen (secondary N) is 1. The molecule has 0 unspecified atom stereocenters. The fraction of sp³-hybridized carbons (Fsp3) is 0.632. The number of likely N-dealkylation sites (tertiary alicyclic amines) is 1. The summed E-state index contributed by atoms with van der Waals surface area (Å²) in [4.78, 5) is 14.9. The molecule has 2 rings (SSSR count). The maximum atomic E-state index is 12.5. The van der Waals surface area contributed by atoms with Gasteiger partial charge in [0.05, 0.1) is 29.6 Å². The zero-order valence-corrected chi connectivity index (χ0v) is 18.1. The lowest BCUT2D eigenvalue weighted by Crippen LogP contribution is -2.38. The van der Waals surface area contributed by atoms with E-state index < -0.39 is 10.0 Å². The van der Waals surface area contributed by atoms with Gasteiger partial charge in [0.15, 0.2) is 5.78 Å². The summed E-state index contributed by atoms with van der Waals surface area (Å²) >= 11 is 6.03. The van der Waals surface area contributed by atoms with E-state index in [0.29, 0.717) is 40.9 Å². The summed E-state index contributed by atoms with van der Waals surface area (Å²) in [6, 6.07) is 3.16. The highest BCUT2D eigenvalue weighted by molar-refractivity contribution is 7.88. The summed E-state index contributed by atoms with van der Waals surface area (Å²) in [5, 5.41) is 0.359. The van der Waals surface area contributed by atoms with Crippen molar-refractivity contribution >= 4 is 33.1 Å². The van der Waals surface area contributed by atoms with Crippen molar-refractivity contribution in [3.8, 4) is 5.75 Å². The average molecular weight is 432 g/mol. The minimum absolute atomic E-state index is 0.00399. The van der Waals surface area contributed by atoms with Gasteiger partial charge in [-0.05, 0) is 57.3 Å². The molecule has 1 heterocycles. The topological polar surface area (TPSA) is 102 Å². The number of ketones is 1. The van der Waals surface area contributed by atoms with Crippen LogP contribution < -0.4 is 15.2 Å². The normalized spacial score (nSPS) is 16.2. The molecule has 0 spiro atoms. The van der Waals surface area contributed by atoms with Gasteiger partial charge in [-0.3, -0.25) is 4.79 Å². The van der Waals surface area contributed by atoms with E-state index in [1.165, 1.54) is 13.4 Å². The van der Waals surface area contributed by atoms with E-state index in [1.807, 2.05) is 0 Å². The van der Waals surface area contributed by atoms with Crippen molar-refractivity contribution < 1.29 is 17.9 Å². The van der Waals surface area contributed by atoms with Gasteiger partial charge < -0.3 is 15.4 Å². The molecule has 0 amide bonds. The summed E-state index contributed by atoms with van der Waals surface area (Å²) in [5.74, 6) is 0.858. The SMILES string of the molecule is COc1cc(N)c(Cl)cc1C(=O)CCCCN1CCC(CNS(C)(=O)=O)CC1. The number of carbonyl (C=O) groups is 1. The number of methoxy groups -OCH3 is 1.